The summed E-state index contributed by atoms with van der Waals surface area (Å²) in [4.78, 5) is 26.8. The summed E-state index contributed by atoms with van der Waals surface area (Å²) in [5.41, 5.74) is 22.8. The minimum absolute atomic E-state index is 0.0569. The molecule has 0 atom stereocenters. The fraction of sp³-hybridized carbons (Fsp3) is 0.154. The van der Waals surface area contributed by atoms with Crippen molar-refractivity contribution in [3.05, 3.63) is 82.3 Å². The minimum atomic E-state index is -0.249. The van der Waals surface area contributed by atoms with Gasteiger partial charge < -0.3 is 37.2 Å². The summed E-state index contributed by atoms with van der Waals surface area (Å²) in [6, 6.07) is 11.3. The number of aromatic nitrogens is 3. The Kier molecular flexibility index (Phi) is 6.44. The Balaban J connectivity index is 1.33. The van der Waals surface area contributed by atoms with E-state index in [0.29, 0.717) is 54.1 Å². The van der Waals surface area contributed by atoms with E-state index < -0.39 is 0 Å². The van der Waals surface area contributed by atoms with Crippen molar-refractivity contribution in [2.75, 3.05) is 23.3 Å². The Hall–Kier alpha value is -5.26. The summed E-state index contributed by atoms with van der Waals surface area (Å²) in [5.74, 6) is 0.365. The first-order valence-corrected chi connectivity index (χ1v) is 11.8. The van der Waals surface area contributed by atoms with Crippen molar-refractivity contribution in [1.82, 2.24) is 19.9 Å². The summed E-state index contributed by atoms with van der Waals surface area (Å²) >= 11 is 0. The van der Waals surface area contributed by atoms with Crippen LogP contribution in [-0.2, 0) is 24.3 Å². The summed E-state index contributed by atoms with van der Waals surface area (Å²) in [7, 11) is 0. The standard InChI is InChI=1S/C26H26N10O2/c27-9-18(10-28)25(37)36-6-5-15-7-14(1-2-17(15)12-36)11-32-24-21(23(30)33-13-34-24)22(29)16-3-4-20-19(8-16)35-26(31)38-20/h1-4,7-10,13,27,29H,5-6,11-12,28H2,(H2,31,35)(H3,30,32,33,34)/b18-10+,27-9?,29-22?. The van der Waals surface area contributed by atoms with Crippen molar-refractivity contribution in [1.29, 1.82) is 10.8 Å². The fourth-order valence-corrected chi connectivity index (χ4v) is 4.46. The molecule has 0 spiro atoms. The molecule has 0 aliphatic carbocycles. The number of anilines is 3. The van der Waals surface area contributed by atoms with E-state index in [1.54, 1.807) is 23.1 Å². The van der Waals surface area contributed by atoms with E-state index >= 15 is 0 Å². The zero-order valence-corrected chi connectivity index (χ0v) is 20.4. The van der Waals surface area contributed by atoms with Gasteiger partial charge in [0.1, 0.15) is 23.5 Å². The predicted molar refractivity (Wildman–Crippen MR) is 145 cm³/mol. The van der Waals surface area contributed by atoms with Crippen LogP contribution in [0.25, 0.3) is 11.1 Å². The van der Waals surface area contributed by atoms with Crippen molar-refractivity contribution in [3.8, 4) is 0 Å². The van der Waals surface area contributed by atoms with Crippen LogP contribution in [0.3, 0.4) is 0 Å². The molecule has 0 bridgehead atoms. The molecule has 9 N–H and O–H groups in total. The molecule has 12 nitrogen and oxygen atoms in total. The molecule has 3 heterocycles. The summed E-state index contributed by atoms with van der Waals surface area (Å²) in [6.45, 7) is 1.44. The van der Waals surface area contributed by atoms with Crippen LogP contribution in [0.15, 0.2) is 58.9 Å². The molecular formula is C26H26N10O2. The Morgan fingerprint density at radius 2 is 2.00 bits per heavy atom. The maximum atomic E-state index is 12.5. The second-order valence-corrected chi connectivity index (χ2v) is 8.79. The average Bonchev–Trinajstić information content (AvgIpc) is 3.31. The number of carbonyl (C=O) groups excluding carboxylic acids is 1. The first-order chi connectivity index (χ1) is 18.4. The molecule has 0 saturated heterocycles. The highest BCUT2D eigenvalue weighted by molar-refractivity contribution is 6.17. The number of fused-ring (bicyclic) bond motifs is 2. The topological polar surface area (TPSA) is 210 Å². The van der Waals surface area contributed by atoms with Gasteiger partial charge in [0.05, 0.1) is 16.8 Å². The lowest BCUT2D eigenvalue weighted by Gasteiger charge is -2.29. The number of hydrogen-bond donors (Lipinski definition) is 6. The second-order valence-electron chi connectivity index (χ2n) is 8.79. The number of rotatable bonds is 7. The molecule has 12 heteroatoms. The Morgan fingerprint density at radius 3 is 2.79 bits per heavy atom. The van der Waals surface area contributed by atoms with Gasteiger partial charge in [0.15, 0.2) is 5.58 Å². The third-order valence-corrected chi connectivity index (χ3v) is 6.43. The number of carbonyl (C=O) groups is 1. The molecule has 0 radical (unpaired) electrons. The lowest BCUT2D eigenvalue weighted by Crippen LogP contribution is -2.37. The quantitative estimate of drug-likeness (QED) is 0.159. The number of amides is 1. The normalized spacial score (nSPS) is 13.3. The second kappa shape index (κ2) is 10.0. The summed E-state index contributed by atoms with van der Waals surface area (Å²) in [6.07, 6.45) is 4.18. The molecule has 38 heavy (non-hydrogen) atoms. The van der Waals surface area contributed by atoms with Crippen molar-refractivity contribution >= 4 is 46.6 Å². The zero-order chi connectivity index (χ0) is 26.8. The van der Waals surface area contributed by atoms with Crippen LogP contribution < -0.4 is 22.5 Å². The van der Waals surface area contributed by atoms with Gasteiger partial charge in [0, 0.05) is 37.6 Å². The zero-order valence-electron chi connectivity index (χ0n) is 20.4. The largest absolute Gasteiger partial charge is 0.424 e. The smallest absolute Gasteiger partial charge is 0.292 e. The average molecular weight is 511 g/mol. The van der Waals surface area contributed by atoms with Gasteiger partial charge in [-0.3, -0.25) is 10.2 Å². The van der Waals surface area contributed by atoms with Crippen molar-refractivity contribution in [2.45, 2.75) is 19.5 Å². The van der Waals surface area contributed by atoms with E-state index in [0.717, 1.165) is 29.1 Å². The minimum Gasteiger partial charge on any atom is -0.424 e. The number of nitrogens with zero attached hydrogens (tertiary/aromatic N) is 4. The van der Waals surface area contributed by atoms with Crippen molar-refractivity contribution in [2.24, 2.45) is 5.73 Å². The number of hydrogen-bond acceptors (Lipinski definition) is 11. The van der Waals surface area contributed by atoms with Crippen LogP contribution in [0.4, 0.5) is 17.7 Å². The Labute approximate surface area is 217 Å². The van der Waals surface area contributed by atoms with Crippen LogP contribution in [-0.4, -0.2) is 44.2 Å². The molecule has 4 aromatic rings. The highest BCUT2D eigenvalue weighted by Gasteiger charge is 2.23. The molecule has 0 unspecified atom stereocenters. The van der Waals surface area contributed by atoms with Crippen LogP contribution in [0.2, 0.25) is 0 Å². The molecule has 1 aliphatic heterocycles. The van der Waals surface area contributed by atoms with E-state index in [1.807, 2.05) is 12.1 Å². The van der Waals surface area contributed by atoms with Gasteiger partial charge in [0.2, 0.25) is 0 Å². The highest BCUT2D eigenvalue weighted by Crippen LogP contribution is 2.26. The molecule has 1 amide bonds. The Morgan fingerprint density at radius 1 is 1.16 bits per heavy atom. The number of benzene rings is 2. The summed E-state index contributed by atoms with van der Waals surface area (Å²) in [5, 5.41) is 19.5. The molecule has 5 rings (SSSR count). The highest BCUT2D eigenvalue weighted by atomic mass is 16.4. The van der Waals surface area contributed by atoms with Crippen LogP contribution in [0.5, 0.6) is 0 Å². The number of nitrogen functional groups attached to an aromatic ring is 2. The van der Waals surface area contributed by atoms with Crippen LogP contribution in [0.1, 0.15) is 27.8 Å². The van der Waals surface area contributed by atoms with Crippen molar-refractivity contribution < 1.29 is 9.21 Å². The third-order valence-electron chi connectivity index (χ3n) is 6.43. The van der Waals surface area contributed by atoms with E-state index in [1.165, 1.54) is 6.33 Å². The lowest BCUT2D eigenvalue weighted by atomic mass is 9.96. The third kappa shape index (κ3) is 4.62. The van der Waals surface area contributed by atoms with Gasteiger partial charge in [0.25, 0.3) is 11.9 Å². The lowest BCUT2D eigenvalue weighted by molar-refractivity contribution is -0.127. The first-order valence-electron chi connectivity index (χ1n) is 11.8. The number of nitrogens with one attached hydrogen (secondary N) is 3. The van der Waals surface area contributed by atoms with Gasteiger partial charge >= 0.3 is 0 Å². The number of nitrogens with two attached hydrogens (primary N) is 3. The molecule has 192 valence electrons. The maximum absolute atomic E-state index is 12.5. The maximum Gasteiger partial charge on any atom is 0.292 e. The van der Waals surface area contributed by atoms with Crippen LogP contribution in [0, 0.1) is 10.8 Å². The van der Waals surface area contributed by atoms with E-state index in [4.69, 9.17) is 32.4 Å². The van der Waals surface area contributed by atoms with Gasteiger partial charge in [-0.05, 0) is 41.3 Å². The SMILES string of the molecule is N=C/C(=C\N)C(=O)N1CCc2cc(CNc3ncnc(N)c3C(=N)c3ccc4oc(N)nc4c3)ccc2C1. The van der Waals surface area contributed by atoms with Gasteiger partial charge in [-0.1, -0.05) is 18.2 Å². The molecule has 2 aromatic heterocycles. The van der Waals surface area contributed by atoms with E-state index in [-0.39, 0.29) is 29.0 Å². The van der Waals surface area contributed by atoms with Gasteiger partial charge in [-0.2, -0.15) is 4.98 Å². The number of oxazole rings is 1. The molecule has 0 saturated carbocycles. The monoisotopic (exact) mass is 510 g/mol. The molecular weight excluding hydrogens is 484 g/mol. The van der Waals surface area contributed by atoms with Crippen LogP contribution >= 0.6 is 0 Å². The first kappa shape index (κ1) is 24.4. The summed E-state index contributed by atoms with van der Waals surface area (Å²) < 4.78 is 5.32. The van der Waals surface area contributed by atoms with E-state index in [9.17, 15) is 4.79 Å². The van der Waals surface area contributed by atoms with Gasteiger partial charge in [-0.15, -0.1) is 0 Å². The van der Waals surface area contributed by atoms with Crippen molar-refractivity contribution in [3.63, 3.8) is 0 Å². The van der Waals surface area contributed by atoms with Gasteiger partial charge in [-0.25, -0.2) is 9.97 Å². The van der Waals surface area contributed by atoms with E-state index in [2.05, 4.69) is 26.3 Å². The fourth-order valence-electron chi connectivity index (χ4n) is 4.46. The molecule has 1 aliphatic rings. The Bertz CT molecular complexity index is 1610. The predicted octanol–water partition coefficient (Wildman–Crippen LogP) is 2.19. The molecule has 2 aromatic carbocycles. The molecule has 0 fully saturated rings.